The first-order valence-corrected chi connectivity index (χ1v) is 8.47. The van der Waals surface area contributed by atoms with Gasteiger partial charge >= 0.3 is 0 Å². The Kier molecular flexibility index (Phi) is 7.66. The summed E-state index contributed by atoms with van der Waals surface area (Å²) in [5, 5.41) is 0. The number of nitrogens with one attached hydrogen (secondary N) is 1. The topological polar surface area (TPSA) is 90.7 Å². The van der Waals surface area contributed by atoms with Crippen LogP contribution >= 0.6 is 0 Å². The molecule has 1 aromatic rings. The van der Waals surface area contributed by atoms with Crippen LogP contribution in [0.3, 0.4) is 0 Å². The molecule has 0 aliphatic carbocycles. The highest BCUT2D eigenvalue weighted by atomic mass is 32.2. The zero-order chi connectivity index (χ0) is 15.7. The van der Waals surface area contributed by atoms with Crippen LogP contribution in [-0.2, 0) is 21.3 Å². The van der Waals surface area contributed by atoms with Gasteiger partial charge in [0.15, 0.2) is 0 Å². The second-order valence-electron chi connectivity index (χ2n) is 4.55. The molecule has 0 bridgehead atoms. The van der Waals surface area contributed by atoms with Crippen LogP contribution in [0.5, 0.6) is 5.75 Å². The molecule has 6 nitrogen and oxygen atoms in total. The molecule has 7 heteroatoms. The molecule has 0 atom stereocenters. The highest BCUT2D eigenvalue weighted by Crippen LogP contribution is 2.24. The van der Waals surface area contributed by atoms with E-state index in [0.29, 0.717) is 31.9 Å². The zero-order valence-electron chi connectivity index (χ0n) is 12.6. The Hall–Kier alpha value is -1.15. The molecule has 120 valence electrons. The number of hydrogen-bond acceptors (Lipinski definition) is 5. The molecule has 0 unspecified atom stereocenters. The van der Waals surface area contributed by atoms with Crippen LogP contribution in [0.2, 0.25) is 0 Å². The summed E-state index contributed by atoms with van der Waals surface area (Å²) in [6, 6.07) is 4.90. The van der Waals surface area contributed by atoms with Gasteiger partial charge in [0.05, 0.1) is 7.11 Å². The lowest BCUT2D eigenvalue weighted by Gasteiger charge is -2.12. The molecular formula is C14H24N2O4S. The zero-order valence-corrected chi connectivity index (χ0v) is 13.4. The van der Waals surface area contributed by atoms with Crippen molar-refractivity contribution in [1.82, 2.24) is 4.72 Å². The van der Waals surface area contributed by atoms with Crippen LogP contribution in [0.15, 0.2) is 23.1 Å². The van der Waals surface area contributed by atoms with Gasteiger partial charge in [0.1, 0.15) is 10.6 Å². The Morgan fingerprint density at radius 1 is 1.29 bits per heavy atom. The standard InChI is InChI=1S/C14H24N2O4S/c1-3-8-20-9-4-7-16-21(17,18)14-10-12(11-15)5-6-13(14)19-2/h5-6,10,16H,3-4,7-9,11,15H2,1-2H3. The number of rotatable bonds is 10. The minimum atomic E-state index is -3.61. The fourth-order valence-electron chi connectivity index (χ4n) is 1.76. The van der Waals surface area contributed by atoms with E-state index >= 15 is 0 Å². The first kappa shape index (κ1) is 17.9. The number of nitrogens with two attached hydrogens (primary N) is 1. The molecule has 0 aliphatic rings. The number of methoxy groups -OCH3 is 1. The lowest BCUT2D eigenvalue weighted by atomic mass is 10.2. The molecule has 21 heavy (non-hydrogen) atoms. The third kappa shape index (κ3) is 5.62. The third-order valence-corrected chi connectivity index (χ3v) is 4.34. The quantitative estimate of drug-likeness (QED) is 0.634. The number of sulfonamides is 1. The van der Waals surface area contributed by atoms with Gasteiger partial charge in [-0.1, -0.05) is 13.0 Å². The maximum absolute atomic E-state index is 12.3. The molecule has 1 rings (SSSR count). The van der Waals surface area contributed by atoms with E-state index in [1.54, 1.807) is 12.1 Å². The van der Waals surface area contributed by atoms with Crippen molar-refractivity contribution >= 4 is 10.0 Å². The Balaban J connectivity index is 2.69. The molecule has 1 aromatic carbocycles. The minimum absolute atomic E-state index is 0.113. The van der Waals surface area contributed by atoms with Gasteiger partial charge in [-0.05, 0) is 30.5 Å². The van der Waals surface area contributed by atoms with Gasteiger partial charge in [-0.15, -0.1) is 0 Å². The molecule has 0 spiro atoms. The smallest absolute Gasteiger partial charge is 0.244 e. The van der Waals surface area contributed by atoms with Crippen molar-refractivity contribution in [2.75, 3.05) is 26.9 Å². The van der Waals surface area contributed by atoms with Crippen LogP contribution in [-0.4, -0.2) is 35.3 Å². The molecule has 0 aromatic heterocycles. The van der Waals surface area contributed by atoms with Crippen molar-refractivity contribution in [2.24, 2.45) is 5.73 Å². The number of ether oxygens (including phenoxy) is 2. The Morgan fingerprint density at radius 3 is 2.67 bits per heavy atom. The lowest BCUT2D eigenvalue weighted by molar-refractivity contribution is 0.133. The van der Waals surface area contributed by atoms with Gasteiger partial charge in [-0.3, -0.25) is 0 Å². The van der Waals surface area contributed by atoms with Gasteiger partial charge in [0.2, 0.25) is 10.0 Å². The van der Waals surface area contributed by atoms with Crippen molar-refractivity contribution in [3.05, 3.63) is 23.8 Å². The molecule has 0 aliphatic heterocycles. The van der Waals surface area contributed by atoms with Crippen molar-refractivity contribution in [3.63, 3.8) is 0 Å². The largest absolute Gasteiger partial charge is 0.495 e. The van der Waals surface area contributed by atoms with Crippen molar-refractivity contribution < 1.29 is 17.9 Å². The molecule has 0 amide bonds. The first-order valence-electron chi connectivity index (χ1n) is 6.99. The summed E-state index contributed by atoms with van der Waals surface area (Å²) in [6.45, 7) is 3.86. The molecule has 0 saturated heterocycles. The monoisotopic (exact) mass is 316 g/mol. The fraction of sp³-hybridized carbons (Fsp3) is 0.571. The van der Waals surface area contributed by atoms with Crippen molar-refractivity contribution in [1.29, 1.82) is 0 Å². The summed E-state index contributed by atoms with van der Waals surface area (Å²) in [4.78, 5) is 0.113. The average molecular weight is 316 g/mol. The third-order valence-electron chi connectivity index (χ3n) is 2.86. The van der Waals surface area contributed by atoms with Gasteiger partial charge in [0.25, 0.3) is 0 Å². The summed E-state index contributed by atoms with van der Waals surface area (Å²) >= 11 is 0. The van der Waals surface area contributed by atoms with Crippen LogP contribution in [0, 0.1) is 0 Å². The Morgan fingerprint density at radius 2 is 2.05 bits per heavy atom. The summed E-state index contributed by atoms with van der Waals surface area (Å²) < 4.78 is 37.6. The van der Waals surface area contributed by atoms with Crippen LogP contribution in [0.4, 0.5) is 0 Å². The maximum atomic E-state index is 12.3. The lowest BCUT2D eigenvalue weighted by Crippen LogP contribution is -2.26. The maximum Gasteiger partial charge on any atom is 0.244 e. The van der Waals surface area contributed by atoms with E-state index in [1.807, 2.05) is 6.92 Å². The number of benzene rings is 1. The highest BCUT2D eigenvalue weighted by Gasteiger charge is 2.19. The van der Waals surface area contributed by atoms with E-state index in [2.05, 4.69) is 4.72 Å². The Labute approximate surface area is 126 Å². The average Bonchev–Trinajstić information content (AvgIpc) is 2.50. The van der Waals surface area contributed by atoms with E-state index in [-0.39, 0.29) is 11.4 Å². The Bertz CT molecular complexity index is 532. The summed E-state index contributed by atoms with van der Waals surface area (Å²) in [5.41, 5.74) is 6.29. The van der Waals surface area contributed by atoms with E-state index in [1.165, 1.54) is 13.2 Å². The van der Waals surface area contributed by atoms with Crippen LogP contribution in [0.25, 0.3) is 0 Å². The molecule has 3 N–H and O–H groups in total. The first-order chi connectivity index (χ1) is 10.0. The van der Waals surface area contributed by atoms with E-state index in [9.17, 15) is 8.42 Å². The molecule has 0 radical (unpaired) electrons. The normalized spacial score (nSPS) is 11.6. The fourth-order valence-corrected chi connectivity index (χ4v) is 3.05. The predicted molar refractivity (Wildman–Crippen MR) is 81.8 cm³/mol. The van der Waals surface area contributed by atoms with Crippen LogP contribution in [0.1, 0.15) is 25.3 Å². The summed E-state index contributed by atoms with van der Waals surface area (Å²) in [7, 11) is -2.17. The molecule has 0 fully saturated rings. The number of hydrogen-bond donors (Lipinski definition) is 2. The minimum Gasteiger partial charge on any atom is -0.495 e. The van der Waals surface area contributed by atoms with Gasteiger partial charge in [0, 0.05) is 26.3 Å². The van der Waals surface area contributed by atoms with Crippen molar-refractivity contribution in [3.8, 4) is 5.75 Å². The summed E-state index contributed by atoms with van der Waals surface area (Å²) in [6.07, 6.45) is 1.58. The summed E-state index contributed by atoms with van der Waals surface area (Å²) in [5.74, 6) is 0.307. The van der Waals surface area contributed by atoms with Gasteiger partial charge in [-0.2, -0.15) is 0 Å². The van der Waals surface area contributed by atoms with E-state index in [4.69, 9.17) is 15.2 Å². The SMILES string of the molecule is CCCOCCCNS(=O)(=O)c1cc(CN)ccc1OC. The second-order valence-corrected chi connectivity index (χ2v) is 6.29. The molecule has 0 heterocycles. The molecule has 0 saturated carbocycles. The van der Waals surface area contributed by atoms with E-state index < -0.39 is 10.0 Å². The van der Waals surface area contributed by atoms with Gasteiger partial charge < -0.3 is 15.2 Å². The van der Waals surface area contributed by atoms with Crippen LogP contribution < -0.4 is 15.2 Å². The van der Waals surface area contributed by atoms with Crippen molar-refractivity contribution in [2.45, 2.75) is 31.2 Å². The molecular weight excluding hydrogens is 292 g/mol. The second kappa shape index (κ2) is 8.99. The predicted octanol–water partition coefficient (Wildman–Crippen LogP) is 1.25. The van der Waals surface area contributed by atoms with E-state index in [0.717, 1.165) is 12.0 Å². The van der Waals surface area contributed by atoms with Gasteiger partial charge in [-0.25, -0.2) is 13.1 Å². The highest BCUT2D eigenvalue weighted by molar-refractivity contribution is 7.89.